The van der Waals surface area contributed by atoms with Crippen LogP contribution in [0.4, 0.5) is 11.4 Å². The highest BCUT2D eigenvalue weighted by Crippen LogP contribution is 2.28. The predicted octanol–water partition coefficient (Wildman–Crippen LogP) is 1.41. The number of carbonyl (C=O) groups excluding carboxylic acids is 1. The van der Waals surface area contributed by atoms with Crippen LogP contribution in [0.2, 0.25) is 5.02 Å². The second-order valence-corrected chi connectivity index (χ2v) is 6.40. The number of hydrogen-bond acceptors (Lipinski definition) is 6. The number of nitrogens with one attached hydrogen (secondary N) is 1. The fraction of sp³-hybridized carbons (Fsp3) is 0. The molecule has 0 amide bonds. The van der Waals surface area contributed by atoms with Gasteiger partial charge in [0.1, 0.15) is 5.02 Å². The van der Waals surface area contributed by atoms with Crippen LogP contribution in [0.25, 0.3) is 0 Å². The van der Waals surface area contributed by atoms with Gasteiger partial charge in [0.15, 0.2) is 0 Å². The molecule has 0 radical (unpaired) electrons. The van der Waals surface area contributed by atoms with Crippen LogP contribution in [0, 0.1) is 10.1 Å². The van der Waals surface area contributed by atoms with Gasteiger partial charge in [-0.2, -0.15) is 0 Å². The van der Waals surface area contributed by atoms with E-state index < -0.39 is 31.5 Å². The number of hydrogen-bond donors (Lipinski definition) is 1. The molecule has 2 aromatic carbocycles. The van der Waals surface area contributed by atoms with E-state index in [1.165, 1.54) is 18.2 Å². The van der Waals surface area contributed by atoms with Crippen LogP contribution in [-0.2, 0) is 10.0 Å². The van der Waals surface area contributed by atoms with Crippen molar-refractivity contribution in [2.45, 2.75) is 4.90 Å². The van der Waals surface area contributed by atoms with E-state index in [1.807, 2.05) is 0 Å². The molecule has 1 N–H and O–H groups in total. The number of sulfonamides is 1. The second kappa shape index (κ2) is 6.23. The highest BCUT2D eigenvalue weighted by atomic mass is 35.5. The third-order valence-electron chi connectivity index (χ3n) is 2.82. The van der Waals surface area contributed by atoms with Crippen molar-refractivity contribution in [2.75, 3.05) is 4.72 Å². The number of aromatic carboxylic acids is 1. The second-order valence-electron chi connectivity index (χ2n) is 4.31. The van der Waals surface area contributed by atoms with Crippen LogP contribution >= 0.6 is 11.6 Å². The number of para-hydroxylation sites is 1. The van der Waals surface area contributed by atoms with Gasteiger partial charge >= 0.3 is 0 Å². The van der Waals surface area contributed by atoms with Crippen molar-refractivity contribution < 1.29 is 23.2 Å². The zero-order chi connectivity index (χ0) is 17.2. The number of nitro benzene ring substituents is 1. The molecule has 8 nitrogen and oxygen atoms in total. The molecule has 0 spiro atoms. The monoisotopic (exact) mass is 355 g/mol. The molecule has 0 aliphatic carbocycles. The summed E-state index contributed by atoms with van der Waals surface area (Å²) in [5.74, 6) is -1.56. The van der Waals surface area contributed by atoms with Gasteiger partial charge in [-0.3, -0.25) is 14.8 Å². The summed E-state index contributed by atoms with van der Waals surface area (Å²) in [5.41, 5.74) is -1.16. The number of halogens is 1. The third kappa shape index (κ3) is 3.58. The Kier molecular flexibility index (Phi) is 4.52. The first kappa shape index (κ1) is 16.7. The topological polar surface area (TPSA) is 129 Å². The minimum atomic E-state index is -4.25. The van der Waals surface area contributed by atoms with Crippen LogP contribution in [0.5, 0.6) is 0 Å². The number of nitro groups is 1. The van der Waals surface area contributed by atoms with Gasteiger partial charge in [-0.15, -0.1) is 0 Å². The number of anilines is 1. The zero-order valence-electron chi connectivity index (χ0n) is 11.2. The summed E-state index contributed by atoms with van der Waals surface area (Å²) in [6.07, 6.45) is 0. The van der Waals surface area contributed by atoms with Crippen molar-refractivity contribution in [1.82, 2.24) is 0 Å². The van der Waals surface area contributed by atoms with E-state index in [2.05, 4.69) is 4.72 Å². The molecule has 2 rings (SSSR count). The lowest BCUT2D eigenvalue weighted by Crippen LogP contribution is -2.24. The normalized spacial score (nSPS) is 11.0. The van der Waals surface area contributed by atoms with Gasteiger partial charge in [0.25, 0.3) is 15.7 Å². The summed E-state index contributed by atoms with van der Waals surface area (Å²) < 4.78 is 26.6. The lowest BCUT2D eigenvalue weighted by Gasteiger charge is -2.13. The van der Waals surface area contributed by atoms with E-state index in [9.17, 15) is 28.4 Å². The number of nitrogens with zero attached hydrogens (tertiary/aromatic N) is 1. The molecule has 0 unspecified atom stereocenters. The van der Waals surface area contributed by atoms with E-state index in [4.69, 9.17) is 11.6 Å². The van der Waals surface area contributed by atoms with E-state index >= 15 is 0 Å². The number of carbonyl (C=O) groups is 1. The van der Waals surface area contributed by atoms with Gasteiger partial charge in [-0.05, 0) is 18.2 Å². The van der Waals surface area contributed by atoms with Gasteiger partial charge < -0.3 is 9.90 Å². The van der Waals surface area contributed by atoms with Crippen LogP contribution in [0.15, 0.2) is 47.4 Å². The van der Waals surface area contributed by atoms with Crippen LogP contribution in [0.3, 0.4) is 0 Å². The Morgan fingerprint density at radius 3 is 2.43 bits per heavy atom. The van der Waals surface area contributed by atoms with Crippen molar-refractivity contribution in [2.24, 2.45) is 0 Å². The fourth-order valence-corrected chi connectivity index (χ4v) is 3.04. The molecule has 0 aliphatic heterocycles. The molecule has 0 heterocycles. The Bertz CT molecular complexity index is 897. The van der Waals surface area contributed by atoms with Crippen molar-refractivity contribution in [3.63, 3.8) is 0 Å². The molecule has 23 heavy (non-hydrogen) atoms. The quantitative estimate of drug-likeness (QED) is 0.637. The lowest BCUT2D eigenvalue weighted by atomic mass is 10.2. The molecule has 120 valence electrons. The van der Waals surface area contributed by atoms with Crippen LogP contribution in [0.1, 0.15) is 10.4 Å². The van der Waals surface area contributed by atoms with Gasteiger partial charge in [-0.25, -0.2) is 8.42 Å². The molecule has 0 saturated heterocycles. The Labute approximate surface area is 135 Å². The predicted molar refractivity (Wildman–Crippen MR) is 79.7 cm³/mol. The summed E-state index contributed by atoms with van der Waals surface area (Å²) in [4.78, 5) is 20.6. The molecule has 0 saturated carbocycles. The average molecular weight is 356 g/mol. The largest absolute Gasteiger partial charge is 0.545 e. The van der Waals surface area contributed by atoms with Crippen molar-refractivity contribution in [3.05, 3.63) is 63.2 Å². The zero-order valence-corrected chi connectivity index (χ0v) is 12.8. The number of rotatable bonds is 5. The van der Waals surface area contributed by atoms with Crippen molar-refractivity contribution in [1.29, 1.82) is 0 Å². The van der Waals surface area contributed by atoms with Gasteiger partial charge in [-0.1, -0.05) is 29.8 Å². The highest BCUT2D eigenvalue weighted by Gasteiger charge is 2.21. The first-order chi connectivity index (χ1) is 10.7. The molecular weight excluding hydrogens is 348 g/mol. The van der Waals surface area contributed by atoms with E-state index in [0.29, 0.717) is 0 Å². The van der Waals surface area contributed by atoms with Gasteiger partial charge in [0.2, 0.25) is 0 Å². The van der Waals surface area contributed by atoms with Gasteiger partial charge in [0.05, 0.1) is 21.5 Å². The number of benzene rings is 2. The Morgan fingerprint density at radius 2 is 1.83 bits per heavy atom. The maximum Gasteiger partial charge on any atom is 0.289 e. The highest BCUT2D eigenvalue weighted by molar-refractivity contribution is 7.92. The maximum atomic E-state index is 12.3. The molecular formula is C13H8ClN2O6S-. The standard InChI is InChI=1S/C13H9ClN2O6S/c14-10-6-5-8(7-12(10)16(19)20)23(21,22)15-11-4-2-1-3-9(11)13(17)18/h1-7,15H,(H,17,18)/p-1. The minimum absolute atomic E-state index is 0.217. The SMILES string of the molecule is O=C([O-])c1ccccc1NS(=O)(=O)c1ccc(Cl)c([N+](=O)[O-])c1. The molecule has 0 aliphatic rings. The molecule has 2 aromatic rings. The lowest BCUT2D eigenvalue weighted by molar-refractivity contribution is -0.384. The average Bonchev–Trinajstić information content (AvgIpc) is 2.47. The van der Waals surface area contributed by atoms with Crippen LogP contribution < -0.4 is 9.83 Å². The molecule has 0 bridgehead atoms. The summed E-state index contributed by atoms with van der Waals surface area (Å²) in [6, 6.07) is 8.14. The van der Waals surface area contributed by atoms with E-state index in [-0.39, 0.29) is 16.3 Å². The molecule has 0 aromatic heterocycles. The first-order valence-electron chi connectivity index (χ1n) is 5.99. The Hall–Kier alpha value is -2.65. The number of carboxylic acids is 1. The molecule has 10 heteroatoms. The van der Waals surface area contributed by atoms with Crippen molar-refractivity contribution in [3.8, 4) is 0 Å². The van der Waals surface area contributed by atoms with Crippen molar-refractivity contribution >= 4 is 39.0 Å². The first-order valence-corrected chi connectivity index (χ1v) is 7.85. The Morgan fingerprint density at radius 1 is 1.17 bits per heavy atom. The van der Waals surface area contributed by atoms with E-state index in [0.717, 1.165) is 24.3 Å². The smallest absolute Gasteiger partial charge is 0.289 e. The van der Waals surface area contributed by atoms with Crippen LogP contribution in [-0.4, -0.2) is 19.3 Å². The Balaban J connectivity index is 2.47. The number of carboxylic acid groups (broad SMARTS) is 1. The summed E-state index contributed by atoms with van der Waals surface area (Å²) >= 11 is 5.63. The maximum absolute atomic E-state index is 12.3. The fourth-order valence-electron chi connectivity index (χ4n) is 1.75. The minimum Gasteiger partial charge on any atom is -0.545 e. The van der Waals surface area contributed by atoms with Gasteiger partial charge in [0, 0.05) is 11.6 Å². The molecule has 0 atom stereocenters. The molecule has 0 fully saturated rings. The summed E-state index contributed by atoms with van der Waals surface area (Å²) in [7, 11) is -4.25. The van der Waals surface area contributed by atoms with E-state index in [1.54, 1.807) is 0 Å². The summed E-state index contributed by atoms with van der Waals surface area (Å²) in [6.45, 7) is 0. The third-order valence-corrected chi connectivity index (χ3v) is 4.50. The summed E-state index contributed by atoms with van der Waals surface area (Å²) in [5, 5.41) is 21.6.